The van der Waals surface area contributed by atoms with Crippen molar-refractivity contribution in [3.05, 3.63) is 29.6 Å². The summed E-state index contributed by atoms with van der Waals surface area (Å²) in [6.45, 7) is 6.59. The van der Waals surface area contributed by atoms with Gasteiger partial charge in [0.15, 0.2) is 0 Å². The molecule has 4 nitrogen and oxygen atoms in total. The quantitative estimate of drug-likeness (QED) is 0.866. The number of hydrogen-bond donors (Lipinski definition) is 2. The van der Waals surface area contributed by atoms with Gasteiger partial charge >= 0.3 is 0 Å². The van der Waals surface area contributed by atoms with Crippen LogP contribution in [-0.4, -0.2) is 56.4 Å². The maximum absolute atomic E-state index is 14.2. The molecule has 0 aromatic heterocycles. The van der Waals surface area contributed by atoms with Gasteiger partial charge in [0, 0.05) is 43.5 Å². The molecule has 1 fully saturated rings. The van der Waals surface area contributed by atoms with Gasteiger partial charge in [-0.1, -0.05) is 6.07 Å². The third-order valence-corrected chi connectivity index (χ3v) is 4.24. The first kappa shape index (κ1) is 16.2. The number of nitrogens with zero attached hydrogens (tertiary/aromatic N) is 2. The Hall–Kier alpha value is -1.17. The Kier molecular flexibility index (Phi) is 5.96. The fourth-order valence-electron chi connectivity index (χ4n) is 2.95. The van der Waals surface area contributed by atoms with Crippen LogP contribution in [0.4, 0.5) is 10.1 Å². The lowest BCUT2D eigenvalue weighted by molar-refractivity contribution is 0.204. The Morgan fingerprint density at radius 2 is 2.10 bits per heavy atom. The van der Waals surface area contributed by atoms with E-state index in [0.717, 1.165) is 50.4 Å². The Morgan fingerprint density at radius 1 is 1.29 bits per heavy atom. The van der Waals surface area contributed by atoms with Gasteiger partial charge in [-0.3, -0.25) is 4.90 Å². The van der Waals surface area contributed by atoms with Gasteiger partial charge in [-0.25, -0.2) is 4.39 Å². The fraction of sp³-hybridized carbons (Fsp3) is 0.625. The van der Waals surface area contributed by atoms with E-state index in [1.807, 2.05) is 20.0 Å². The Balaban J connectivity index is 2.19. The van der Waals surface area contributed by atoms with Crippen molar-refractivity contribution >= 4 is 5.69 Å². The zero-order valence-corrected chi connectivity index (χ0v) is 13.0. The van der Waals surface area contributed by atoms with Crippen molar-refractivity contribution < 1.29 is 9.50 Å². The summed E-state index contributed by atoms with van der Waals surface area (Å²) in [5.41, 5.74) is 1.73. The lowest BCUT2D eigenvalue weighted by Crippen LogP contribution is -2.33. The van der Waals surface area contributed by atoms with E-state index in [1.54, 1.807) is 6.07 Å². The first-order chi connectivity index (χ1) is 10.2. The molecule has 1 heterocycles. The minimum absolute atomic E-state index is 0.0157. The van der Waals surface area contributed by atoms with Crippen LogP contribution in [0.25, 0.3) is 0 Å². The summed E-state index contributed by atoms with van der Waals surface area (Å²) in [5.74, 6) is -0.147. The van der Waals surface area contributed by atoms with Crippen LogP contribution >= 0.6 is 0 Å². The molecular formula is C16H26FN3O. The van der Waals surface area contributed by atoms with Crippen molar-refractivity contribution in [3.8, 4) is 0 Å². The van der Waals surface area contributed by atoms with Gasteiger partial charge in [-0.2, -0.15) is 0 Å². The highest BCUT2D eigenvalue weighted by molar-refractivity contribution is 5.55. The molecule has 1 saturated heterocycles. The molecule has 0 amide bonds. The first-order valence-corrected chi connectivity index (χ1v) is 7.71. The van der Waals surface area contributed by atoms with Crippen LogP contribution in [0, 0.1) is 5.82 Å². The lowest BCUT2D eigenvalue weighted by Gasteiger charge is -2.28. The molecule has 5 heteroatoms. The van der Waals surface area contributed by atoms with Gasteiger partial charge < -0.3 is 15.3 Å². The van der Waals surface area contributed by atoms with Crippen LogP contribution in [0.3, 0.4) is 0 Å². The molecule has 1 aromatic rings. The van der Waals surface area contributed by atoms with Gasteiger partial charge in [0.05, 0.1) is 6.61 Å². The maximum Gasteiger partial charge on any atom is 0.130 e. The van der Waals surface area contributed by atoms with Crippen LogP contribution in [0.1, 0.15) is 24.9 Å². The molecule has 0 bridgehead atoms. The third-order valence-electron chi connectivity index (χ3n) is 4.24. The fourth-order valence-corrected chi connectivity index (χ4v) is 2.95. The van der Waals surface area contributed by atoms with Gasteiger partial charge in [0.25, 0.3) is 0 Å². The Bertz CT molecular complexity index is 455. The number of halogens is 1. The van der Waals surface area contributed by atoms with Gasteiger partial charge in [0.2, 0.25) is 0 Å². The molecule has 118 valence electrons. The van der Waals surface area contributed by atoms with Crippen LogP contribution in [0.2, 0.25) is 0 Å². The van der Waals surface area contributed by atoms with Gasteiger partial charge in [0.1, 0.15) is 5.82 Å². The van der Waals surface area contributed by atoms with Crippen molar-refractivity contribution in [2.45, 2.75) is 19.4 Å². The summed E-state index contributed by atoms with van der Waals surface area (Å²) in [4.78, 5) is 4.53. The molecule has 1 aromatic carbocycles. The standard InChI is InChI=1S/C16H26FN3O/c1-13(18-2)16-14(17)5-3-6-15(16)20-8-4-7-19(9-10-20)11-12-21/h3,5-6,13,18,21H,4,7-12H2,1-2H3. The lowest BCUT2D eigenvalue weighted by atomic mass is 10.0. The van der Waals surface area contributed by atoms with Crippen molar-refractivity contribution in [3.63, 3.8) is 0 Å². The van der Waals surface area contributed by atoms with Crippen LogP contribution in [-0.2, 0) is 0 Å². The molecule has 0 saturated carbocycles. The number of aliphatic hydroxyl groups excluding tert-OH is 1. The van der Waals surface area contributed by atoms with Crippen LogP contribution < -0.4 is 10.2 Å². The summed E-state index contributed by atoms with van der Waals surface area (Å²) in [6, 6.07) is 5.31. The molecular weight excluding hydrogens is 269 g/mol. The second kappa shape index (κ2) is 7.73. The number of rotatable bonds is 5. The second-order valence-corrected chi connectivity index (χ2v) is 5.59. The molecule has 0 spiro atoms. The summed E-state index contributed by atoms with van der Waals surface area (Å²) >= 11 is 0. The van der Waals surface area contributed by atoms with Crippen molar-refractivity contribution in [1.29, 1.82) is 0 Å². The summed E-state index contributed by atoms with van der Waals surface area (Å²) in [5, 5.41) is 12.2. The van der Waals surface area contributed by atoms with E-state index in [4.69, 9.17) is 5.11 Å². The molecule has 21 heavy (non-hydrogen) atoms. The molecule has 2 N–H and O–H groups in total. The molecule has 1 unspecified atom stereocenters. The normalized spacial score (nSPS) is 18.6. The second-order valence-electron chi connectivity index (χ2n) is 5.59. The number of aliphatic hydroxyl groups is 1. The van der Waals surface area contributed by atoms with E-state index < -0.39 is 0 Å². The van der Waals surface area contributed by atoms with Gasteiger partial charge in [-0.05, 0) is 39.1 Å². The predicted octanol–water partition coefficient (Wildman–Crippen LogP) is 1.61. The predicted molar refractivity (Wildman–Crippen MR) is 84.2 cm³/mol. The number of β-amino-alcohol motifs (C(OH)–C–C–N with tert-alkyl or cyclic N) is 1. The number of hydrogen-bond acceptors (Lipinski definition) is 4. The topological polar surface area (TPSA) is 38.7 Å². The molecule has 0 radical (unpaired) electrons. The molecule has 2 rings (SSSR count). The SMILES string of the molecule is CNC(C)c1c(F)cccc1N1CCCN(CCO)CC1. The molecule has 1 aliphatic heterocycles. The summed E-state index contributed by atoms with van der Waals surface area (Å²) in [7, 11) is 1.85. The highest BCUT2D eigenvalue weighted by Crippen LogP contribution is 2.29. The summed E-state index contributed by atoms with van der Waals surface area (Å²) < 4.78 is 14.2. The Labute approximate surface area is 126 Å². The molecule has 1 atom stereocenters. The third kappa shape index (κ3) is 3.93. The maximum atomic E-state index is 14.2. The van der Waals surface area contributed by atoms with E-state index in [2.05, 4.69) is 15.1 Å². The monoisotopic (exact) mass is 295 g/mol. The zero-order chi connectivity index (χ0) is 15.2. The van der Waals surface area contributed by atoms with Crippen molar-refractivity contribution in [2.24, 2.45) is 0 Å². The van der Waals surface area contributed by atoms with E-state index in [0.29, 0.717) is 0 Å². The van der Waals surface area contributed by atoms with Gasteiger partial charge in [-0.15, -0.1) is 0 Å². The number of anilines is 1. The van der Waals surface area contributed by atoms with E-state index >= 15 is 0 Å². The minimum Gasteiger partial charge on any atom is -0.395 e. The number of benzene rings is 1. The van der Waals surface area contributed by atoms with E-state index in [-0.39, 0.29) is 18.5 Å². The van der Waals surface area contributed by atoms with Crippen LogP contribution in [0.15, 0.2) is 18.2 Å². The average Bonchev–Trinajstić information content (AvgIpc) is 2.72. The van der Waals surface area contributed by atoms with E-state index in [1.165, 1.54) is 6.07 Å². The minimum atomic E-state index is -0.147. The first-order valence-electron chi connectivity index (χ1n) is 7.71. The van der Waals surface area contributed by atoms with E-state index in [9.17, 15) is 4.39 Å². The Morgan fingerprint density at radius 3 is 2.81 bits per heavy atom. The zero-order valence-electron chi connectivity index (χ0n) is 13.0. The average molecular weight is 295 g/mol. The van der Waals surface area contributed by atoms with Crippen LogP contribution in [0.5, 0.6) is 0 Å². The largest absolute Gasteiger partial charge is 0.395 e. The van der Waals surface area contributed by atoms with Crippen molar-refractivity contribution in [2.75, 3.05) is 51.3 Å². The number of nitrogens with one attached hydrogen (secondary N) is 1. The van der Waals surface area contributed by atoms with Crippen molar-refractivity contribution in [1.82, 2.24) is 10.2 Å². The summed E-state index contributed by atoms with van der Waals surface area (Å²) in [6.07, 6.45) is 1.03. The highest BCUT2D eigenvalue weighted by atomic mass is 19.1. The molecule has 0 aliphatic carbocycles. The highest BCUT2D eigenvalue weighted by Gasteiger charge is 2.21. The smallest absolute Gasteiger partial charge is 0.130 e. The molecule has 1 aliphatic rings.